The molecule has 0 saturated carbocycles. The zero-order valence-electron chi connectivity index (χ0n) is 20.5. The number of aliphatic hydroxyl groups is 1. The van der Waals surface area contributed by atoms with E-state index < -0.39 is 13.4 Å². The summed E-state index contributed by atoms with van der Waals surface area (Å²) in [4.78, 5) is 0. The van der Waals surface area contributed by atoms with Gasteiger partial charge in [0.15, 0.2) is 0 Å². The van der Waals surface area contributed by atoms with Gasteiger partial charge in [0.25, 0.3) is 0 Å². The third-order valence-electron chi connectivity index (χ3n) is 7.56. The highest BCUT2D eigenvalue weighted by molar-refractivity contribution is 7.73. The van der Waals surface area contributed by atoms with Crippen LogP contribution in [0, 0.1) is 11.8 Å². The van der Waals surface area contributed by atoms with Crippen molar-refractivity contribution in [2.75, 3.05) is 0 Å². The third kappa shape index (κ3) is 4.34. The number of hydrogen-bond acceptors (Lipinski definition) is 2. The molecule has 0 spiro atoms. The first kappa shape index (κ1) is 23.9. The molecule has 3 nitrogen and oxygen atoms in total. The van der Waals surface area contributed by atoms with Gasteiger partial charge in [-0.15, -0.1) is 0 Å². The molecule has 4 aromatic rings. The summed E-state index contributed by atoms with van der Waals surface area (Å²) >= 11 is 0. The monoisotopic (exact) mass is 503 g/mol. The number of rotatable bonds is 6. The Morgan fingerprint density at radius 2 is 1.30 bits per heavy atom. The molecule has 4 aromatic carbocycles. The minimum Gasteiger partial charge on any atom is -0.387 e. The molecule has 0 radical (unpaired) electrons. The van der Waals surface area contributed by atoms with E-state index in [1.165, 1.54) is 0 Å². The van der Waals surface area contributed by atoms with E-state index in [-0.39, 0.29) is 17.9 Å². The summed E-state index contributed by atoms with van der Waals surface area (Å²) in [5.74, 6) is -0.296. The molecule has 5 atom stereocenters. The second-order valence-electron chi connectivity index (χ2n) is 9.79. The molecule has 1 fully saturated rings. The summed E-state index contributed by atoms with van der Waals surface area (Å²) in [7, 11) is -3.19. The van der Waals surface area contributed by atoms with Gasteiger partial charge in [-0.3, -0.25) is 4.57 Å². The van der Waals surface area contributed by atoms with Crippen LogP contribution in [0.5, 0.6) is 0 Å². The van der Waals surface area contributed by atoms with Crippen molar-refractivity contribution in [1.29, 1.82) is 0 Å². The lowest BCUT2D eigenvalue weighted by Crippen LogP contribution is -2.25. The molecule has 4 heteroatoms. The predicted octanol–water partition coefficient (Wildman–Crippen LogP) is 7.27. The third-order valence-corrected chi connectivity index (χ3v) is 10.8. The van der Waals surface area contributed by atoms with Crippen molar-refractivity contribution in [2.24, 2.45) is 11.8 Å². The van der Waals surface area contributed by atoms with Gasteiger partial charge >= 0.3 is 0 Å². The van der Waals surface area contributed by atoms with Crippen molar-refractivity contribution in [2.45, 2.75) is 18.7 Å². The van der Waals surface area contributed by atoms with Crippen LogP contribution in [0.2, 0.25) is 0 Å². The van der Waals surface area contributed by atoms with Crippen LogP contribution in [-0.4, -0.2) is 9.78 Å². The molecular formula is C33H30NO2P. The van der Waals surface area contributed by atoms with Crippen LogP contribution in [0.15, 0.2) is 145 Å². The first-order chi connectivity index (χ1) is 18.2. The first-order valence-corrected chi connectivity index (χ1v) is 14.5. The van der Waals surface area contributed by atoms with Crippen molar-refractivity contribution >= 4 is 12.6 Å². The van der Waals surface area contributed by atoms with Crippen LogP contribution in [0.25, 0.3) is 0 Å². The minimum absolute atomic E-state index is 0.0450. The number of aliphatic hydroxyl groups excluding tert-OH is 1. The maximum atomic E-state index is 15.5. The molecule has 1 aliphatic heterocycles. The Kier molecular flexibility index (Phi) is 6.52. The van der Waals surface area contributed by atoms with Crippen LogP contribution in [-0.2, 0) is 11.1 Å². The molecule has 0 unspecified atom stereocenters. The van der Waals surface area contributed by atoms with E-state index in [9.17, 15) is 5.11 Å². The Hall–Kier alpha value is -3.49. The summed E-state index contributed by atoms with van der Waals surface area (Å²) in [6, 6.07) is 40.2. The van der Waals surface area contributed by atoms with Gasteiger partial charge in [0.05, 0.1) is 12.1 Å². The number of benzene rings is 4. The van der Waals surface area contributed by atoms with Gasteiger partial charge in [-0.1, -0.05) is 127 Å². The normalized spacial score (nSPS) is 25.9. The average molecular weight is 504 g/mol. The fourth-order valence-corrected chi connectivity index (χ4v) is 9.25. The standard InChI is InChI=1S/C33H30NO2P/c35-33(27-17-9-3-10-18-27)28-21-22-30-31(23-28)37(36,29-19-11-4-12-20-29)34(24-25-13-5-1-6-14-25)32(30)26-15-7-2-8-16-26/h1-23,28,30,32-33,35H,24H2/t28-,30+,32-,33-,37-/m1/s1. The van der Waals surface area contributed by atoms with Crippen molar-refractivity contribution in [3.8, 4) is 0 Å². The molecule has 1 heterocycles. The largest absolute Gasteiger partial charge is 0.387 e. The summed E-state index contributed by atoms with van der Waals surface area (Å²) in [6.45, 7) is 0.570. The SMILES string of the molecule is O=[P@]1(c2ccccc2)C2=C[C@H]([C@H](O)c3ccccc3)C=C[C@@H]2[C@@H](c2ccccc2)N1Cc1ccccc1. The molecule has 37 heavy (non-hydrogen) atoms. The van der Waals surface area contributed by atoms with Crippen LogP contribution in [0.1, 0.15) is 28.8 Å². The van der Waals surface area contributed by atoms with E-state index in [2.05, 4.69) is 59.3 Å². The fraction of sp³-hybridized carbons (Fsp3) is 0.152. The van der Waals surface area contributed by atoms with Gasteiger partial charge in [-0.25, -0.2) is 4.67 Å². The van der Waals surface area contributed by atoms with Gasteiger partial charge < -0.3 is 5.11 Å². The molecule has 1 N–H and O–H groups in total. The van der Waals surface area contributed by atoms with Crippen molar-refractivity contribution in [3.05, 3.63) is 162 Å². The molecule has 1 saturated heterocycles. The maximum Gasteiger partial charge on any atom is 0.204 e. The van der Waals surface area contributed by atoms with E-state index in [0.29, 0.717) is 6.54 Å². The Balaban J connectivity index is 1.52. The maximum absolute atomic E-state index is 15.5. The van der Waals surface area contributed by atoms with E-state index in [4.69, 9.17) is 0 Å². The summed E-state index contributed by atoms with van der Waals surface area (Å²) in [5, 5.41) is 13.1. The zero-order valence-corrected chi connectivity index (χ0v) is 21.4. The summed E-state index contributed by atoms with van der Waals surface area (Å²) < 4.78 is 17.8. The Morgan fingerprint density at radius 3 is 1.95 bits per heavy atom. The van der Waals surface area contributed by atoms with Crippen molar-refractivity contribution in [1.82, 2.24) is 4.67 Å². The number of nitrogens with zero attached hydrogens (tertiary/aromatic N) is 1. The van der Waals surface area contributed by atoms with Crippen molar-refractivity contribution in [3.63, 3.8) is 0 Å². The summed E-state index contributed by atoms with van der Waals surface area (Å²) in [5.41, 5.74) is 3.14. The van der Waals surface area contributed by atoms with E-state index in [0.717, 1.165) is 27.3 Å². The van der Waals surface area contributed by atoms with Crippen LogP contribution >= 0.6 is 7.29 Å². The predicted molar refractivity (Wildman–Crippen MR) is 150 cm³/mol. The van der Waals surface area contributed by atoms with Crippen LogP contribution in [0.3, 0.4) is 0 Å². The highest BCUT2D eigenvalue weighted by Crippen LogP contribution is 2.72. The molecule has 0 aromatic heterocycles. The minimum atomic E-state index is -3.19. The first-order valence-electron chi connectivity index (χ1n) is 12.8. The molecule has 1 aliphatic carbocycles. The lowest BCUT2D eigenvalue weighted by Gasteiger charge is -2.31. The Morgan fingerprint density at radius 1 is 0.730 bits per heavy atom. The molecule has 2 aliphatic rings. The van der Waals surface area contributed by atoms with Crippen LogP contribution in [0.4, 0.5) is 0 Å². The van der Waals surface area contributed by atoms with Crippen LogP contribution < -0.4 is 5.30 Å². The second-order valence-corrected chi connectivity index (χ2v) is 12.5. The second kappa shape index (κ2) is 10.1. The van der Waals surface area contributed by atoms with E-state index >= 15 is 4.57 Å². The fourth-order valence-electron chi connectivity index (χ4n) is 5.78. The van der Waals surface area contributed by atoms with Crippen molar-refractivity contribution < 1.29 is 9.67 Å². The highest BCUT2D eigenvalue weighted by atomic mass is 31.2. The molecule has 184 valence electrons. The Labute approximate surface area is 218 Å². The van der Waals surface area contributed by atoms with Gasteiger partial charge in [0.1, 0.15) is 0 Å². The Bertz CT molecular complexity index is 1450. The molecule has 6 rings (SSSR count). The summed E-state index contributed by atoms with van der Waals surface area (Å²) in [6.07, 6.45) is 5.68. The lowest BCUT2D eigenvalue weighted by atomic mass is 9.84. The van der Waals surface area contributed by atoms with Gasteiger partial charge in [-0.2, -0.15) is 0 Å². The molecular weight excluding hydrogens is 473 g/mol. The van der Waals surface area contributed by atoms with E-state index in [1.54, 1.807) is 0 Å². The molecule has 0 bridgehead atoms. The van der Waals surface area contributed by atoms with Gasteiger partial charge in [-0.05, 0) is 28.8 Å². The lowest BCUT2D eigenvalue weighted by molar-refractivity contribution is 0.149. The molecule has 0 amide bonds. The smallest absolute Gasteiger partial charge is 0.204 e. The highest BCUT2D eigenvalue weighted by Gasteiger charge is 2.54. The van der Waals surface area contributed by atoms with Gasteiger partial charge in [0, 0.05) is 29.0 Å². The zero-order chi connectivity index (χ0) is 25.2. The topological polar surface area (TPSA) is 40.5 Å². The average Bonchev–Trinajstić information content (AvgIpc) is 3.22. The van der Waals surface area contributed by atoms with E-state index in [1.807, 2.05) is 84.9 Å². The number of hydrogen-bond donors (Lipinski definition) is 1. The number of fused-ring (bicyclic) bond motifs is 1. The quantitative estimate of drug-likeness (QED) is 0.222. The van der Waals surface area contributed by atoms with Gasteiger partial charge in [0.2, 0.25) is 7.29 Å².